The molecule has 0 aliphatic heterocycles. The lowest BCUT2D eigenvalue weighted by atomic mass is 10.0. The van der Waals surface area contributed by atoms with Crippen molar-refractivity contribution >= 4 is 0 Å². The van der Waals surface area contributed by atoms with Gasteiger partial charge in [-0.2, -0.15) is 0 Å². The van der Waals surface area contributed by atoms with Gasteiger partial charge in [-0.1, -0.05) is 38.1 Å². The van der Waals surface area contributed by atoms with Crippen LogP contribution in [0.25, 0.3) is 0 Å². The summed E-state index contributed by atoms with van der Waals surface area (Å²) in [6.45, 7) is 8.82. The molecule has 0 saturated carbocycles. The number of nitrogens with one attached hydrogen (secondary N) is 1. The van der Waals surface area contributed by atoms with Crippen molar-refractivity contribution in [2.45, 2.75) is 26.3 Å². The highest BCUT2D eigenvalue weighted by atomic mass is 16.5. The second-order valence-electron chi connectivity index (χ2n) is 5.49. The van der Waals surface area contributed by atoms with Gasteiger partial charge in [-0.25, -0.2) is 0 Å². The second-order valence-corrected chi connectivity index (χ2v) is 5.49. The summed E-state index contributed by atoms with van der Waals surface area (Å²) in [6.07, 6.45) is 0. The number of ether oxygens (including phenoxy) is 1. The van der Waals surface area contributed by atoms with Gasteiger partial charge in [0.25, 0.3) is 0 Å². The third kappa shape index (κ3) is 7.31. The predicted octanol–water partition coefficient (Wildman–Crippen LogP) is 2.48. The van der Waals surface area contributed by atoms with E-state index in [0.29, 0.717) is 5.92 Å². The molecule has 0 amide bonds. The summed E-state index contributed by atoms with van der Waals surface area (Å²) < 4.78 is 5.53. The van der Waals surface area contributed by atoms with Crippen LogP contribution >= 0.6 is 0 Å². The zero-order valence-corrected chi connectivity index (χ0v) is 12.8. The molecule has 3 nitrogen and oxygen atoms in total. The van der Waals surface area contributed by atoms with E-state index in [9.17, 15) is 0 Å². The van der Waals surface area contributed by atoms with Crippen molar-refractivity contribution < 1.29 is 4.74 Å². The zero-order valence-electron chi connectivity index (χ0n) is 12.8. The number of rotatable bonds is 9. The van der Waals surface area contributed by atoms with Crippen LogP contribution in [-0.4, -0.2) is 45.3 Å². The first kappa shape index (κ1) is 16.2. The Kier molecular flexibility index (Phi) is 7.72. The minimum Gasteiger partial charge on any atom is -0.379 e. The van der Waals surface area contributed by atoms with Crippen molar-refractivity contribution in [3.05, 3.63) is 35.4 Å². The van der Waals surface area contributed by atoms with Crippen molar-refractivity contribution in [3.63, 3.8) is 0 Å². The lowest BCUT2D eigenvalue weighted by Crippen LogP contribution is -2.23. The molecule has 0 unspecified atom stereocenters. The summed E-state index contributed by atoms with van der Waals surface area (Å²) in [5, 5.41) is 3.40. The smallest absolute Gasteiger partial charge is 0.0593 e. The van der Waals surface area contributed by atoms with Crippen LogP contribution in [0.15, 0.2) is 24.3 Å². The van der Waals surface area contributed by atoms with Crippen LogP contribution in [0.4, 0.5) is 0 Å². The highest BCUT2D eigenvalue weighted by Crippen LogP contribution is 2.14. The fourth-order valence-corrected chi connectivity index (χ4v) is 1.75. The summed E-state index contributed by atoms with van der Waals surface area (Å²) in [5.41, 5.74) is 2.73. The molecule has 1 N–H and O–H groups in total. The van der Waals surface area contributed by atoms with E-state index in [4.69, 9.17) is 4.74 Å². The Hall–Kier alpha value is -0.900. The molecule has 3 heteroatoms. The molecule has 0 bridgehead atoms. The van der Waals surface area contributed by atoms with Crippen LogP contribution in [0.2, 0.25) is 0 Å². The van der Waals surface area contributed by atoms with Crippen molar-refractivity contribution in [1.82, 2.24) is 10.2 Å². The summed E-state index contributed by atoms with van der Waals surface area (Å²) in [7, 11) is 4.12. The Balaban J connectivity index is 2.09. The maximum Gasteiger partial charge on any atom is 0.0593 e. The molecule has 108 valence electrons. The van der Waals surface area contributed by atoms with Crippen LogP contribution in [0, 0.1) is 0 Å². The van der Waals surface area contributed by atoms with E-state index in [1.54, 1.807) is 0 Å². The topological polar surface area (TPSA) is 24.5 Å². The average Bonchev–Trinajstić information content (AvgIpc) is 2.38. The molecule has 0 heterocycles. The van der Waals surface area contributed by atoms with E-state index in [-0.39, 0.29) is 0 Å². The largest absolute Gasteiger partial charge is 0.379 e. The second kappa shape index (κ2) is 9.08. The van der Waals surface area contributed by atoms with Gasteiger partial charge in [0.2, 0.25) is 0 Å². The SMILES string of the molecule is CC(C)c1ccc(CNCCOCCN(C)C)cc1. The zero-order chi connectivity index (χ0) is 14.1. The maximum atomic E-state index is 5.53. The Labute approximate surface area is 118 Å². The predicted molar refractivity (Wildman–Crippen MR) is 81.6 cm³/mol. The molecule has 0 spiro atoms. The van der Waals surface area contributed by atoms with Gasteiger partial charge in [-0.15, -0.1) is 0 Å². The number of hydrogen-bond acceptors (Lipinski definition) is 3. The summed E-state index contributed by atoms with van der Waals surface area (Å²) in [6, 6.07) is 8.84. The number of hydrogen-bond donors (Lipinski definition) is 1. The van der Waals surface area contributed by atoms with Gasteiger partial charge in [0.1, 0.15) is 0 Å². The first-order valence-electron chi connectivity index (χ1n) is 7.11. The monoisotopic (exact) mass is 264 g/mol. The third-order valence-corrected chi connectivity index (χ3v) is 3.08. The van der Waals surface area contributed by atoms with E-state index in [1.165, 1.54) is 11.1 Å². The molecular formula is C16H28N2O. The summed E-state index contributed by atoms with van der Waals surface area (Å²) >= 11 is 0. The molecule has 0 fully saturated rings. The van der Waals surface area contributed by atoms with E-state index >= 15 is 0 Å². The first-order chi connectivity index (χ1) is 9.09. The Morgan fingerprint density at radius 3 is 2.37 bits per heavy atom. The van der Waals surface area contributed by atoms with Crippen molar-refractivity contribution in [2.75, 3.05) is 40.4 Å². The first-order valence-corrected chi connectivity index (χ1v) is 7.11. The highest BCUT2D eigenvalue weighted by Gasteiger charge is 1.98. The van der Waals surface area contributed by atoms with Crippen LogP contribution in [0.3, 0.4) is 0 Å². The lowest BCUT2D eigenvalue weighted by molar-refractivity contribution is 0.119. The normalized spacial score (nSPS) is 11.5. The number of benzene rings is 1. The molecular weight excluding hydrogens is 236 g/mol. The van der Waals surface area contributed by atoms with Gasteiger partial charge in [-0.3, -0.25) is 0 Å². The van der Waals surface area contributed by atoms with Crippen molar-refractivity contribution in [1.29, 1.82) is 0 Å². The van der Waals surface area contributed by atoms with E-state index in [1.807, 2.05) is 0 Å². The fraction of sp³-hybridized carbons (Fsp3) is 0.625. The molecule has 0 saturated heterocycles. The Bertz CT molecular complexity index is 333. The van der Waals surface area contributed by atoms with E-state index in [2.05, 4.69) is 62.4 Å². The van der Waals surface area contributed by atoms with Gasteiger partial charge in [0.15, 0.2) is 0 Å². The van der Waals surface area contributed by atoms with Gasteiger partial charge < -0.3 is 15.0 Å². The van der Waals surface area contributed by atoms with Crippen LogP contribution in [0.5, 0.6) is 0 Å². The van der Waals surface area contributed by atoms with Crippen LogP contribution in [0.1, 0.15) is 30.9 Å². The van der Waals surface area contributed by atoms with Crippen molar-refractivity contribution in [3.8, 4) is 0 Å². The van der Waals surface area contributed by atoms with Crippen LogP contribution < -0.4 is 5.32 Å². The van der Waals surface area contributed by atoms with Gasteiger partial charge >= 0.3 is 0 Å². The van der Waals surface area contributed by atoms with Crippen LogP contribution in [-0.2, 0) is 11.3 Å². The standard InChI is InChI=1S/C16H28N2O/c1-14(2)16-7-5-15(6-8-16)13-17-9-11-19-12-10-18(3)4/h5-8,14,17H,9-13H2,1-4H3. The minimum atomic E-state index is 0.604. The van der Waals surface area contributed by atoms with Gasteiger partial charge in [0.05, 0.1) is 13.2 Å². The quantitative estimate of drug-likeness (QED) is 0.694. The van der Waals surface area contributed by atoms with E-state index < -0.39 is 0 Å². The molecule has 0 aromatic heterocycles. The molecule has 1 aromatic rings. The fourth-order valence-electron chi connectivity index (χ4n) is 1.75. The van der Waals surface area contributed by atoms with Gasteiger partial charge in [0, 0.05) is 19.6 Å². The molecule has 0 atom stereocenters. The maximum absolute atomic E-state index is 5.53. The number of nitrogens with zero attached hydrogens (tertiary/aromatic N) is 1. The molecule has 0 aliphatic rings. The molecule has 1 rings (SSSR count). The Morgan fingerprint density at radius 2 is 1.79 bits per heavy atom. The minimum absolute atomic E-state index is 0.604. The van der Waals surface area contributed by atoms with Gasteiger partial charge in [-0.05, 0) is 31.1 Å². The summed E-state index contributed by atoms with van der Waals surface area (Å²) in [5.74, 6) is 0.604. The highest BCUT2D eigenvalue weighted by molar-refractivity contribution is 5.24. The van der Waals surface area contributed by atoms with Crippen molar-refractivity contribution in [2.24, 2.45) is 0 Å². The summed E-state index contributed by atoms with van der Waals surface area (Å²) in [4.78, 5) is 2.13. The van der Waals surface area contributed by atoms with E-state index in [0.717, 1.165) is 32.8 Å². The average molecular weight is 264 g/mol. The third-order valence-electron chi connectivity index (χ3n) is 3.08. The number of likely N-dealkylation sites (N-methyl/N-ethyl adjacent to an activating group) is 1. The Morgan fingerprint density at radius 1 is 1.11 bits per heavy atom. The lowest BCUT2D eigenvalue weighted by Gasteiger charge is -2.10. The molecule has 1 aromatic carbocycles. The molecule has 0 aliphatic carbocycles. The molecule has 19 heavy (non-hydrogen) atoms. The molecule has 0 radical (unpaired) electrons.